The van der Waals surface area contributed by atoms with Crippen molar-refractivity contribution < 1.29 is 48.8 Å². The van der Waals surface area contributed by atoms with E-state index < -0.39 is 12.2 Å². The van der Waals surface area contributed by atoms with Crippen molar-refractivity contribution in [1.29, 1.82) is 0 Å². The van der Waals surface area contributed by atoms with Gasteiger partial charge in [0.2, 0.25) is 12.8 Å². The van der Waals surface area contributed by atoms with E-state index in [4.69, 9.17) is 39.2 Å². The number of alkyl carbamates (subject to hydrolysis) is 2. The predicted octanol–water partition coefficient (Wildman–Crippen LogP) is 2.04. The van der Waals surface area contributed by atoms with Crippen molar-refractivity contribution in [2.45, 2.75) is 0 Å². The Morgan fingerprint density at radius 1 is 0.558 bits per heavy atom. The van der Waals surface area contributed by atoms with Crippen LogP contribution < -0.4 is 10.6 Å². The predicted molar refractivity (Wildman–Crippen MR) is 180 cm³/mol. The zero-order valence-corrected chi connectivity index (χ0v) is 28.5. The van der Waals surface area contributed by atoms with Crippen LogP contribution in [-0.4, -0.2) is 159 Å². The van der Waals surface area contributed by atoms with E-state index in [-0.39, 0.29) is 13.2 Å². The molecule has 0 spiro atoms. The van der Waals surface area contributed by atoms with Crippen LogP contribution in [0, 0.1) is 0 Å². The lowest BCUT2D eigenvalue weighted by Crippen LogP contribution is -2.27. The fourth-order valence-corrected chi connectivity index (χ4v) is 5.34. The lowest BCUT2D eigenvalue weighted by atomic mass is 10.7. The summed E-state index contributed by atoms with van der Waals surface area (Å²) < 4.78 is 10.1. The molecule has 19 heteroatoms. The highest BCUT2D eigenvalue weighted by Crippen LogP contribution is 2.02. The number of aliphatic hydroxyl groups excluding tert-OH is 2. The smallest absolute Gasteiger partial charge is 0.407 e. The molecule has 0 aliphatic carbocycles. The van der Waals surface area contributed by atoms with Crippen molar-refractivity contribution in [2.75, 3.05) is 123 Å². The Kier molecular flexibility index (Phi) is 36.5. The Morgan fingerprint density at radius 2 is 0.953 bits per heavy atom. The maximum atomic E-state index is 11.7. The van der Waals surface area contributed by atoms with Crippen molar-refractivity contribution in [1.82, 2.24) is 10.6 Å². The number of aliphatic hydroxyl groups is 2. The van der Waals surface area contributed by atoms with Gasteiger partial charge in [0.15, 0.2) is 0 Å². The molecule has 0 radical (unpaired) electrons. The molecule has 0 aliphatic heterocycles. The largest absolute Gasteiger partial charge is 0.449 e. The number of rotatable bonds is 32. The van der Waals surface area contributed by atoms with Crippen LogP contribution in [0.15, 0.2) is 9.98 Å². The van der Waals surface area contributed by atoms with E-state index in [0.29, 0.717) is 81.4 Å². The van der Waals surface area contributed by atoms with Crippen LogP contribution in [0.3, 0.4) is 0 Å². The molecule has 43 heavy (non-hydrogen) atoms. The summed E-state index contributed by atoms with van der Waals surface area (Å²) in [4.78, 5) is 50.9. The molecular weight excluding hydrogens is 665 g/mol. The zero-order valence-electron chi connectivity index (χ0n) is 24.4. The topological polar surface area (TPSA) is 179 Å². The number of carbonyl (C=O) groups excluding carboxylic acids is 2. The van der Waals surface area contributed by atoms with Crippen molar-refractivity contribution in [3.8, 4) is 0 Å². The van der Waals surface area contributed by atoms with E-state index in [0.717, 1.165) is 28.8 Å². The highest BCUT2D eigenvalue weighted by molar-refractivity contribution is 8.00. The highest BCUT2D eigenvalue weighted by Gasteiger charge is 2.02. The first kappa shape index (κ1) is 42.1. The molecule has 0 heterocycles. The molecule has 0 bridgehead atoms. The van der Waals surface area contributed by atoms with Crippen LogP contribution in [0.1, 0.15) is 0 Å². The van der Waals surface area contributed by atoms with Gasteiger partial charge >= 0.3 is 12.2 Å². The standard InChI is InChI=1S/C24H46N4O10S5/c29-5-15-41-17-7-33-23(31)27-3-13-39-12-2-26-22-38-36-10-20-43-18-8-34-24(32)28-4-14-40-11-1-25-21-37-35-9-19-42-16-6-30/h21-22,29-30H,1-20H2,(H,27,31)(H,28,32). The van der Waals surface area contributed by atoms with Gasteiger partial charge < -0.3 is 40.1 Å². The molecule has 0 aliphatic rings. The summed E-state index contributed by atoms with van der Waals surface area (Å²) in [6.45, 7) is 3.92. The van der Waals surface area contributed by atoms with Gasteiger partial charge in [0.1, 0.15) is 26.4 Å². The lowest BCUT2D eigenvalue weighted by Gasteiger charge is -2.06. The monoisotopic (exact) mass is 710 g/mol. The van der Waals surface area contributed by atoms with Crippen LogP contribution in [0.5, 0.6) is 0 Å². The first-order valence-electron chi connectivity index (χ1n) is 13.7. The molecule has 0 aromatic rings. The van der Waals surface area contributed by atoms with Gasteiger partial charge in [-0.15, -0.1) is 0 Å². The van der Waals surface area contributed by atoms with E-state index in [1.54, 1.807) is 47.0 Å². The van der Waals surface area contributed by atoms with Crippen LogP contribution >= 0.6 is 58.8 Å². The zero-order chi connectivity index (χ0) is 31.3. The maximum Gasteiger partial charge on any atom is 0.407 e. The minimum Gasteiger partial charge on any atom is -0.449 e. The molecule has 0 unspecified atom stereocenters. The minimum atomic E-state index is -0.435. The number of carbonyl (C=O) groups is 2. The molecule has 14 nitrogen and oxygen atoms in total. The molecule has 0 atom stereocenters. The van der Waals surface area contributed by atoms with Crippen LogP contribution in [0.25, 0.3) is 0 Å². The molecule has 0 aromatic carbocycles. The normalized spacial score (nSPS) is 11.2. The number of aliphatic imine (C=N–C) groups is 2. The number of hydrogen-bond acceptors (Lipinski definition) is 17. The van der Waals surface area contributed by atoms with Gasteiger partial charge in [-0.25, -0.2) is 9.59 Å². The summed E-state index contributed by atoms with van der Waals surface area (Å²) in [6.07, 6.45) is 1.68. The highest BCUT2D eigenvalue weighted by atomic mass is 32.2. The second-order valence-electron chi connectivity index (χ2n) is 7.49. The molecule has 0 saturated heterocycles. The molecule has 0 fully saturated rings. The summed E-state index contributed by atoms with van der Waals surface area (Å²) in [5, 5.41) is 22.7. The fraction of sp³-hybridized carbons (Fsp3) is 0.833. The van der Waals surface area contributed by atoms with E-state index >= 15 is 0 Å². The van der Waals surface area contributed by atoms with Gasteiger partial charge in [0.05, 0.1) is 26.3 Å². The second kappa shape index (κ2) is 37.3. The van der Waals surface area contributed by atoms with Crippen molar-refractivity contribution >= 4 is 83.8 Å². The molecule has 0 rings (SSSR count). The van der Waals surface area contributed by atoms with Crippen molar-refractivity contribution in [3.63, 3.8) is 0 Å². The maximum absolute atomic E-state index is 11.7. The van der Waals surface area contributed by atoms with Gasteiger partial charge in [-0.1, -0.05) is 0 Å². The number of nitrogens with zero attached hydrogens (tertiary/aromatic N) is 2. The fourth-order valence-electron chi connectivity index (χ4n) is 2.32. The van der Waals surface area contributed by atoms with Crippen molar-refractivity contribution in [3.05, 3.63) is 0 Å². The van der Waals surface area contributed by atoms with Crippen LogP contribution in [0.4, 0.5) is 9.59 Å². The molecule has 252 valence electrons. The third-order valence-corrected chi connectivity index (χ3v) is 8.84. The average Bonchev–Trinajstić information content (AvgIpc) is 3.00. The molecule has 4 N–H and O–H groups in total. The van der Waals surface area contributed by atoms with E-state index in [1.807, 2.05) is 0 Å². The number of thioether (sulfide) groups is 5. The summed E-state index contributed by atoms with van der Waals surface area (Å²) in [5.41, 5.74) is 0. The number of hydrogen-bond donors (Lipinski definition) is 4. The van der Waals surface area contributed by atoms with Gasteiger partial charge in [-0.3, -0.25) is 9.98 Å². The van der Waals surface area contributed by atoms with Crippen LogP contribution in [-0.2, 0) is 29.0 Å². The SMILES string of the molecule is O=C(NCCSCCN=COOCCSCCOC(=O)NCCSCCN=COOCCSCCO)OCCSCCO. The Labute approximate surface area is 275 Å². The summed E-state index contributed by atoms with van der Waals surface area (Å²) >= 11 is 8.00. The molecule has 2 amide bonds. The number of nitrogens with one attached hydrogen (secondary N) is 2. The Bertz CT molecular complexity index is 690. The van der Waals surface area contributed by atoms with E-state index in [1.165, 1.54) is 24.6 Å². The summed E-state index contributed by atoms with van der Waals surface area (Å²) in [6, 6.07) is 0. The Morgan fingerprint density at radius 3 is 1.40 bits per heavy atom. The Balaban J connectivity index is 3.29. The summed E-state index contributed by atoms with van der Waals surface area (Å²) in [5.74, 6) is 7.17. The first-order valence-corrected chi connectivity index (χ1v) is 19.4. The third-order valence-electron chi connectivity index (χ3n) is 4.15. The van der Waals surface area contributed by atoms with Gasteiger partial charge in [0.25, 0.3) is 0 Å². The number of amides is 2. The lowest BCUT2D eigenvalue weighted by molar-refractivity contribution is -0.210. The second-order valence-corrected chi connectivity index (χ2v) is 13.6. The van der Waals surface area contributed by atoms with E-state index in [9.17, 15) is 9.59 Å². The van der Waals surface area contributed by atoms with Crippen LogP contribution in [0.2, 0.25) is 0 Å². The van der Waals surface area contributed by atoms with Gasteiger partial charge in [-0.05, 0) is 0 Å². The first-order chi connectivity index (χ1) is 21.2. The van der Waals surface area contributed by atoms with Crippen molar-refractivity contribution in [2.24, 2.45) is 9.98 Å². The molecule has 0 saturated carbocycles. The summed E-state index contributed by atoms with van der Waals surface area (Å²) in [7, 11) is 0. The van der Waals surface area contributed by atoms with Gasteiger partial charge in [-0.2, -0.15) is 68.6 Å². The quantitative estimate of drug-likeness (QED) is 0.0262. The minimum absolute atomic E-state index is 0.126. The third kappa shape index (κ3) is 37.2. The Hall–Kier alpha value is -0.930. The van der Waals surface area contributed by atoms with Gasteiger partial charge in [0, 0.05) is 70.6 Å². The number of ether oxygens (including phenoxy) is 2. The van der Waals surface area contributed by atoms with E-state index in [2.05, 4.69) is 20.6 Å². The average molecular weight is 711 g/mol. The molecule has 0 aromatic heterocycles. The molecular formula is C24H46N4O10S5.